The van der Waals surface area contributed by atoms with Gasteiger partial charge < -0.3 is 5.32 Å². The Morgan fingerprint density at radius 2 is 1.28 bits per heavy atom. The third-order valence-electron chi connectivity index (χ3n) is 5.38. The molecule has 0 amide bonds. The fourth-order valence-corrected chi connectivity index (χ4v) is 3.66. The minimum absolute atomic E-state index is 0.434. The van der Waals surface area contributed by atoms with Gasteiger partial charge in [0.25, 0.3) is 0 Å². The van der Waals surface area contributed by atoms with Gasteiger partial charge in [-0.25, -0.2) is 0 Å². The highest BCUT2D eigenvalue weighted by atomic mass is 14.9. The molecule has 0 radical (unpaired) electrons. The molecule has 3 aromatic rings. The molecule has 0 saturated carbocycles. The van der Waals surface area contributed by atoms with Crippen LogP contribution in [0.2, 0.25) is 0 Å². The first-order valence-electron chi connectivity index (χ1n) is 10.5. The van der Waals surface area contributed by atoms with Gasteiger partial charge >= 0.3 is 0 Å². The molecular weight excluding hydrogens is 352 g/mol. The van der Waals surface area contributed by atoms with Gasteiger partial charge in [0.15, 0.2) is 0 Å². The second kappa shape index (κ2) is 9.09. The van der Waals surface area contributed by atoms with Gasteiger partial charge in [-0.1, -0.05) is 82.3 Å². The lowest BCUT2D eigenvalue weighted by Crippen LogP contribution is -2.00. The van der Waals surface area contributed by atoms with E-state index in [-0.39, 0.29) is 0 Å². The summed E-state index contributed by atoms with van der Waals surface area (Å²) in [6.07, 6.45) is 2.00. The van der Waals surface area contributed by atoms with Crippen molar-refractivity contribution in [3.8, 4) is 0 Å². The summed E-state index contributed by atoms with van der Waals surface area (Å²) in [7, 11) is 0. The molecule has 2 nitrogen and oxygen atoms in total. The van der Waals surface area contributed by atoms with Gasteiger partial charge in [0.2, 0.25) is 0 Å². The molecule has 0 bridgehead atoms. The molecule has 3 rings (SSSR count). The van der Waals surface area contributed by atoms with Crippen molar-refractivity contribution in [2.75, 3.05) is 5.32 Å². The number of hydrogen-bond acceptors (Lipinski definition) is 2. The largest absolute Gasteiger partial charge is 0.355 e. The van der Waals surface area contributed by atoms with Crippen molar-refractivity contribution >= 4 is 23.3 Å². The summed E-state index contributed by atoms with van der Waals surface area (Å²) >= 11 is 0. The van der Waals surface area contributed by atoms with E-state index < -0.39 is 0 Å². The maximum atomic E-state index is 5.00. The van der Waals surface area contributed by atoms with Gasteiger partial charge in [0.05, 0.1) is 5.69 Å². The van der Waals surface area contributed by atoms with Crippen LogP contribution < -0.4 is 5.32 Å². The Bertz CT molecular complexity index is 966. The highest BCUT2D eigenvalue weighted by Gasteiger charge is 2.13. The summed E-state index contributed by atoms with van der Waals surface area (Å²) in [6.45, 7) is 13.2. The molecule has 2 heteroatoms. The maximum Gasteiger partial charge on any atom is 0.0699 e. The molecule has 0 aliphatic heterocycles. The first-order valence-corrected chi connectivity index (χ1v) is 10.5. The van der Waals surface area contributed by atoms with E-state index in [0.717, 1.165) is 16.9 Å². The van der Waals surface area contributed by atoms with Crippen molar-refractivity contribution in [1.82, 2.24) is 0 Å². The molecular formula is C27H32N2. The Hall–Kier alpha value is -2.87. The topological polar surface area (TPSA) is 24.4 Å². The molecule has 0 atom stereocenters. The summed E-state index contributed by atoms with van der Waals surface area (Å²) in [5.41, 5.74) is 9.51. The van der Waals surface area contributed by atoms with Crippen LogP contribution in [0.25, 0.3) is 0 Å². The maximum absolute atomic E-state index is 5.00. The first-order chi connectivity index (χ1) is 13.9. The Balaban J connectivity index is 2.02. The molecule has 3 aromatic carbocycles. The van der Waals surface area contributed by atoms with Crippen LogP contribution in [0.3, 0.4) is 0 Å². The smallest absolute Gasteiger partial charge is 0.0699 e. The average Bonchev–Trinajstić information content (AvgIpc) is 2.69. The molecule has 0 aliphatic carbocycles. The number of para-hydroxylation sites is 3. The van der Waals surface area contributed by atoms with Crippen molar-refractivity contribution in [1.29, 1.82) is 0 Å². The van der Waals surface area contributed by atoms with E-state index >= 15 is 0 Å². The van der Waals surface area contributed by atoms with E-state index in [1.54, 1.807) is 0 Å². The summed E-state index contributed by atoms with van der Waals surface area (Å²) in [6, 6.07) is 21.3. The second-order valence-corrected chi connectivity index (χ2v) is 8.33. The van der Waals surface area contributed by atoms with Crippen LogP contribution in [-0.2, 0) is 0 Å². The van der Waals surface area contributed by atoms with Crippen LogP contribution in [0.5, 0.6) is 0 Å². The van der Waals surface area contributed by atoms with Crippen molar-refractivity contribution in [2.24, 2.45) is 4.99 Å². The van der Waals surface area contributed by atoms with Crippen LogP contribution in [0, 0.1) is 13.8 Å². The van der Waals surface area contributed by atoms with Crippen LogP contribution in [0.4, 0.5) is 17.1 Å². The van der Waals surface area contributed by atoms with Gasteiger partial charge in [0.1, 0.15) is 0 Å². The fourth-order valence-electron chi connectivity index (χ4n) is 3.66. The van der Waals surface area contributed by atoms with Crippen molar-refractivity contribution < 1.29 is 0 Å². The molecule has 0 saturated heterocycles. The summed E-state index contributed by atoms with van der Waals surface area (Å²) in [5.74, 6) is 0.868. The number of hydrogen-bond donors (Lipinski definition) is 1. The van der Waals surface area contributed by atoms with E-state index in [1.165, 1.54) is 27.9 Å². The van der Waals surface area contributed by atoms with Crippen molar-refractivity contribution in [2.45, 2.75) is 53.4 Å². The van der Waals surface area contributed by atoms with Crippen LogP contribution in [0.1, 0.15) is 67.3 Å². The number of benzene rings is 3. The van der Waals surface area contributed by atoms with Crippen molar-refractivity contribution in [3.63, 3.8) is 0 Å². The average molecular weight is 385 g/mol. The Labute approximate surface area is 175 Å². The minimum Gasteiger partial charge on any atom is -0.355 e. The predicted molar refractivity (Wildman–Crippen MR) is 128 cm³/mol. The van der Waals surface area contributed by atoms with Gasteiger partial charge in [-0.05, 0) is 54.0 Å². The summed E-state index contributed by atoms with van der Waals surface area (Å²) in [4.78, 5) is 5.00. The molecule has 0 heterocycles. The van der Waals surface area contributed by atoms with Gasteiger partial charge in [-0.2, -0.15) is 0 Å². The molecule has 0 fully saturated rings. The monoisotopic (exact) mass is 384 g/mol. The standard InChI is InChI=1S/C27H32N2/c1-18(2)23-14-10-15-24(19(3)4)27(23)28-17-22-13-7-8-16-25(22)29-26-20(5)11-9-12-21(26)6/h7-19,29H,1-6H3. The lowest BCUT2D eigenvalue weighted by molar-refractivity contribution is 0.835. The summed E-state index contributed by atoms with van der Waals surface area (Å²) in [5, 5.41) is 3.63. The third kappa shape index (κ3) is 4.76. The lowest BCUT2D eigenvalue weighted by atomic mass is 9.93. The fraction of sp³-hybridized carbons (Fsp3) is 0.296. The minimum atomic E-state index is 0.434. The zero-order chi connectivity index (χ0) is 21.0. The van der Waals surface area contributed by atoms with Gasteiger partial charge in [-0.3, -0.25) is 4.99 Å². The second-order valence-electron chi connectivity index (χ2n) is 8.33. The van der Waals surface area contributed by atoms with E-state index in [2.05, 4.69) is 108 Å². The van der Waals surface area contributed by atoms with E-state index in [4.69, 9.17) is 4.99 Å². The normalized spacial score (nSPS) is 11.6. The Morgan fingerprint density at radius 3 is 1.86 bits per heavy atom. The first kappa shape index (κ1) is 20.9. The molecule has 29 heavy (non-hydrogen) atoms. The van der Waals surface area contributed by atoms with E-state index in [9.17, 15) is 0 Å². The number of rotatable bonds is 6. The molecule has 0 aromatic heterocycles. The number of nitrogens with one attached hydrogen (secondary N) is 1. The van der Waals surface area contributed by atoms with Crippen LogP contribution in [0.15, 0.2) is 65.7 Å². The van der Waals surface area contributed by atoms with Crippen LogP contribution >= 0.6 is 0 Å². The number of anilines is 2. The van der Waals surface area contributed by atoms with Gasteiger partial charge in [-0.15, -0.1) is 0 Å². The molecule has 0 spiro atoms. The van der Waals surface area contributed by atoms with Gasteiger partial charge in [0, 0.05) is 23.2 Å². The number of nitrogens with zero attached hydrogens (tertiary/aromatic N) is 1. The molecule has 150 valence electrons. The highest BCUT2D eigenvalue weighted by molar-refractivity contribution is 5.91. The SMILES string of the molecule is Cc1cccc(C)c1Nc1ccccc1C=Nc1c(C(C)C)cccc1C(C)C. The highest BCUT2D eigenvalue weighted by Crippen LogP contribution is 2.35. The summed E-state index contributed by atoms with van der Waals surface area (Å²) < 4.78 is 0. The Kier molecular flexibility index (Phi) is 6.53. The van der Waals surface area contributed by atoms with Crippen molar-refractivity contribution in [3.05, 3.63) is 88.5 Å². The number of aliphatic imine (C=N–C) groups is 1. The quantitative estimate of drug-likeness (QED) is 0.427. The van der Waals surface area contributed by atoms with Crippen LogP contribution in [-0.4, -0.2) is 6.21 Å². The molecule has 1 N–H and O–H groups in total. The zero-order valence-electron chi connectivity index (χ0n) is 18.5. The number of aryl methyl sites for hydroxylation is 2. The predicted octanol–water partition coefficient (Wildman–Crippen LogP) is 8.04. The third-order valence-corrected chi connectivity index (χ3v) is 5.38. The lowest BCUT2D eigenvalue weighted by Gasteiger charge is -2.17. The molecule has 0 aliphatic rings. The molecule has 0 unspecified atom stereocenters. The van der Waals surface area contributed by atoms with E-state index in [0.29, 0.717) is 11.8 Å². The van der Waals surface area contributed by atoms with E-state index in [1.807, 2.05) is 6.21 Å². The Morgan fingerprint density at radius 1 is 0.724 bits per heavy atom. The zero-order valence-corrected chi connectivity index (χ0v) is 18.5.